The quantitative estimate of drug-likeness (QED) is 0.887. The number of benzene rings is 1. The van der Waals surface area contributed by atoms with Gasteiger partial charge in [0.1, 0.15) is 5.82 Å². The van der Waals surface area contributed by atoms with Gasteiger partial charge in [-0.3, -0.25) is 4.98 Å². The van der Waals surface area contributed by atoms with Crippen LogP contribution in [0.4, 0.5) is 10.1 Å². The standard InChI is InChI=1S/C14H13FN2O2/c1-9-4-5-16-7-10(9)8-17-11-2-3-12(14(18)19)13(15)6-11/h2-7,17H,8H2,1H3,(H,18,19). The molecule has 1 aromatic carbocycles. The number of hydrogen-bond acceptors (Lipinski definition) is 3. The summed E-state index contributed by atoms with van der Waals surface area (Å²) in [6.45, 7) is 2.47. The van der Waals surface area contributed by atoms with E-state index in [1.165, 1.54) is 18.2 Å². The molecule has 0 spiro atoms. The van der Waals surface area contributed by atoms with Gasteiger partial charge in [-0.05, 0) is 42.3 Å². The maximum atomic E-state index is 13.5. The number of halogens is 1. The highest BCUT2D eigenvalue weighted by molar-refractivity contribution is 5.88. The molecule has 4 nitrogen and oxygen atoms in total. The molecule has 98 valence electrons. The van der Waals surface area contributed by atoms with E-state index in [1.54, 1.807) is 12.4 Å². The van der Waals surface area contributed by atoms with Gasteiger partial charge in [0.25, 0.3) is 0 Å². The zero-order valence-corrected chi connectivity index (χ0v) is 10.4. The molecule has 0 saturated carbocycles. The number of nitrogens with zero attached hydrogens (tertiary/aromatic N) is 1. The Balaban J connectivity index is 2.11. The van der Waals surface area contributed by atoms with Gasteiger partial charge in [0.15, 0.2) is 0 Å². The van der Waals surface area contributed by atoms with Gasteiger partial charge in [-0.25, -0.2) is 9.18 Å². The van der Waals surface area contributed by atoms with Crippen LogP contribution in [0.5, 0.6) is 0 Å². The molecule has 0 bridgehead atoms. The molecule has 0 atom stereocenters. The molecule has 0 aliphatic rings. The Morgan fingerprint density at radius 2 is 2.21 bits per heavy atom. The van der Waals surface area contributed by atoms with E-state index in [0.29, 0.717) is 12.2 Å². The van der Waals surface area contributed by atoms with Crippen molar-refractivity contribution in [1.29, 1.82) is 0 Å². The van der Waals surface area contributed by atoms with Crippen molar-refractivity contribution in [2.24, 2.45) is 0 Å². The van der Waals surface area contributed by atoms with Crippen molar-refractivity contribution < 1.29 is 14.3 Å². The van der Waals surface area contributed by atoms with Gasteiger partial charge in [-0.1, -0.05) is 0 Å². The summed E-state index contributed by atoms with van der Waals surface area (Å²) in [7, 11) is 0. The number of aromatic nitrogens is 1. The number of aryl methyl sites for hydroxylation is 1. The number of hydrogen-bond donors (Lipinski definition) is 2. The molecule has 5 heteroatoms. The SMILES string of the molecule is Cc1ccncc1CNc1ccc(C(=O)O)c(F)c1. The summed E-state index contributed by atoms with van der Waals surface area (Å²) in [5, 5.41) is 11.8. The molecule has 0 fully saturated rings. The molecule has 0 radical (unpaired) electrons. The van der Waals surface area contributed by atoms with Crippen molar-refractivity contribution in [2.45, 2.75) is 13.5 Å². The second-order valence-corrected chi connectivity index (χ2v) is 4.16. The van der Waals surface area contributed by atoms with E-state index in [0.717, 1.165) is 11.1 Å². The maximum absolute atomic E-state index is 13.5. The van der Waals surface area contributed by atoms with Crippen LogP contribution in [0.1, 0.15) is 21.5 Å². The van der Waals surface area contributed by atoms with Crippen molar-refractivity contribution in [1.82, 2.24) is 4.98 Å². The number of aromatic carboxylic acids is 1. The lowest BCUT2D eigenvalue weighted by Crippen LogP contribution is -2.04. The van der Waals surface area contributed by atoms with Crippen LogP contribution in [-0.2, 0) is 6.54 Å². The summed E-state index contributed by atoms with van der Waals surface area (Å²) in [5.41, 5.74) is 2.30. The number of carboxylic acids is 1. The van der Waals surface area contributed by atoms with Crippen LogP contribution in [0.25, 0.3) is 0 Å². The molecule has 0 unspecified atom stereocenters. The van der Waals surface area contributed by atoms with E-state index in [2.05, 4.69) is 10.3 Å². The van der Waals surface area contributed by atoms with E-state index < -0.39 is 11.8 Å². The summed E-state index contributed by atoms with van der Waals surface area (Å²) in [5.74, 6) is -2.02. The van der Waals surface area contributed by atoms with Crippen LogP contribution in [0.15, 0.2) is 36.7 Å². The molecule has 0 saturated heterocycles. The number of pyridine rings is 1. The Bertz CT molecular complexity index is 614. The summed E-state index contributed by atoms with van der Waals surface area (Å²) >= 11 is 0. The zero-order valence-electron chi connectivity index (χ0n) is 10.4. The fraction of sp³-hybridized carbons (Fsp3) is 0.143. The topological polar surface area (TPSA) is 62.2 Å². The highest BCUT2D eigenvalue weighted by Gasteiger charge is 2.10. The normalized spacial score (nSPS) is 10.2. The molecule has 19 heavy (non-hydrogen) atoms. The number of carboxylic acid groups (broad SMARTS) is 1. The first-order valence-corrected chi connectivity index (χ1v) is 5.74. The molecule has 2 rings (SSSR count). The van der Waals surface area contributed by atoms with Gasteiger partial charge in [0.2, 0.25) is 0 Å². The fourth-order valence-corrected chi connectivity index (χ4v) is 1.68. The lowest BCUT2D eigenvalue weighted by atomic mass is 10.1. The minimum Gasteiger partial charge on any atom is -0.478 e. The third-order valence-corrected chi connectivity index (χ3v) is 2.83. The summed E-state index contributed by atoms with van der Waals surface area (Å²) in [6, 6.07) is 5.86. The van der Waals surface area contributed by atoms with Crippen molar-refractivity contribution in [2.75, 3.05) is 5.32 Å². The minimum atomic E-state index is -1.27. The van der Waals surface area contributed by atoms with Gasteiger partial charge >= 0.3 is 5.97 Å². The first-order chi connectivity index (χ1) is 9.08. The molecule has 1 heterocycles. The average Bonchev–Trinajstić information content (AvgIpc) is 2.37. The Labute approximate surface area is 109 Å². The summed E-state index contributed by atoms with van der Waals surface area (Å²) in [6.07, 6.45) is 3.45. The highest BCUT2D eigenvalue weighted by atomic mass is 19.1. The van der Waals surface area contributed by atoms with Crippen molar-refractivity contribution in [3.05, 3.63) is 59.2 Å². The smallest absolute Gasteiger partial charge is 0.338 e. The Morgan fingerprint density at radius 3 is 2.84 bits per heavy atom. The zero-order chi connectivity index (χ0) is 13.8. The maximum Gasteiger partial charge on any atom is 0.338 e. The molecular weight excluding hydrogens is 247 g/mol. The largest absolute Gasteiger partial charge is 0.478 e. The van der Waals surface area contributed by atoms with Gasteiger partial charge in [0, 0.05) is 24.6 Å². The Morgan fingerprint density at radius 1 is 1.42 bits per heavy atom. The second kappa shape index (κ2) is 5.48. The van der Waals surface area contributed by atoms with E-state index in [9.17, 15) is 9.18 Å². The Hall–Kier alpha value is -2.43. The van der Waals surface area contributed by atoms with E-state index in [1.807, 2.05) is 13.0 Å². The average molecular weight is 260 g/mol. The van der Waals surface area contributed by atoms with E-state index in [-0.39, 0.29) is 5.56 Å². The third-order valence-electron chi connectivity index (χ3n) is 2.83. The number of carbonyl (C=O) groups is 1. The van der Waals surface area contributed by atoms with Gasteiger partial charge in [-0.15, -0.1) is 0 Å². The van der Waals surface area contributed by atoms with Gasteiger partial charge in [-0.2, -0.15) is 0 Å². The van der Waals surface area contributed by atoms with Crippen molar-refractivity contribution in [3.63, 3.8) is 0 Å². The molecule has 2 aromatic rings. The van der Waals surface area contributed by atoms with E-state index in [4.69, 9.17) is 5.11 Å². The number of anilines is 1. The Kier molecular flexibility index (Phi) is 3.75. The van der Waals surface area contributed by atoms with Gasteiger partial charge < -0.3 is 10.4 Å². The van der Waals surface area contributed by atoms with Crippen molar-refractivity contribution >= 4 is 11.7 Å². The first kappa shape index (κ1) is 13.0. The van der Waals surface area contributed by atoms with Crippen LogP contribution in [0, 0.1) is 12.7 Å². The van der Waals surface area contributed by atoms with Crippen LogP contribution in [0.2, 0.25) is 0 Å². The molecule has 0 aliphatic carbocycles. The van der Waals surface area contributed by atoms with Gasteiger partial charge in [0.05, 0.1) is 5.56 Å². The monoisotopic (exact) mass is 260 g/mol. The minimum absolute atomic E-state index is 0.330. The number of nitrogens with one attached hydrogen (secondary N) is 1. The number of rotatable bonds is 4. The summed E-state index contributed by atoms with van der Waals surface area (Å²) < 4.78 is 13.5. The molecule has 0 amide bonds. The summed E-state index contributed by atoms with van der Waals surface area (Å²) in [4.78, 5) is 14.7. The van der Waals surface area contributed by atoms with Crippen LogP contribution in [-0.4, -0.2) is 16.1 Å². The lowest BCUT2D eigenvalue weighted by molar-refractivity contribution is 0.0692. The van der Waals surface area contributed by atoms with Crippen molar-refractivity contribution in [3.8, 4) is 0 Å². The highest BCUT2D eigenvalue weighted by Crippen LogP contribution is 2.16. The predicted molar refractivity (Wildman–Crippen MR) is 69.7 cm³/mol. The molecular formula is C14H13FN2O2. The van der Waals surface area contributed by atoms with E-state index >= 15 is 0 Å². The first-order valence-electron chi connectivity index (χ1n) is 5.74. The second-order valence-electron chi connectivity index (χ2n) is 4.16. The fourth-order valence-electron chi connectivity index (χ4n) is 1.68. The lowest BCUT2D eigenvalue weighted by Gasteiger charge is -2.09. The van der Waals surface area contributed by atoms with Crippen LogP contribution < -0.4 is 5.32 Å². The van der Waals surface area contributed by atoms with Crippen LogP contribution in [0.3, 0.4) is 0 Å². The molecule has 2 N–H and O–H groups in total. The molecule has 1 aromatic heterocycles. The molecule has 0 aliphatic heterocycles. The predicted octanol–water partition coefficient (Wildman–Crippen LogP) is 2.84. The van der Waals surface area contributed by atoms with Crippen LogP contribution >= 0.6 is 0 Å². The third kappa shape index (κ3) is 3.07.